The van der Waals surface area contributed by atoms with Crippen LogP contribution in [0.4, 0.5) is 0 Å². The van der Waals surface area contributed by atoms with Gasteiger partial charge in [0.2, 0.25) is 0 Å². The average molecular weight is 393 g/mol. The summed E-state index contributed by atoms with van der Waals surface area (Å²) in [5, 5.41) is 12.6. The average Bonchev–Trinajstić information content (AvgIpc) is 3.17. The van der Waals surface area contributed by atoms with E-state index < -0.39 is 0 Å². The number of carbonyl (C=O) groups is 1. The highest BCUT2D eigenvalue weighted by Gasteiger charge is 2.29. The highest BCUT2D eigenvalue weighted by molar-refractivity contribution is 5.88. The molecule has 8 heteroatoms. The van der Waals surface area contributed by atoms with Crippen LogP contribution in [0.3, 0.4) is 0 Å². The van der Waals surface area contributed by atoms with Crippen molar-refractivity contribution < 1.29 is 14.4 Å². The van der Waals surface area contributed by atoms with Crippen molar-refractivity contribution in [1.82, 2.24) is 20.4 Å². The molecule has 4 rings (SSSR count). The minimum atomic E-state index is -0.233. The molecule has 0 spiro atoms. The molecule has 1 aliphatic heterocycles. The second-order valence-electron chi connectivity index (χ2n) is 7.14. The van der Waals surface area contributed by atoms with Gasteiger partial charge in [-0.1, -0.05) is 47.7 Å². The lowest BCUT2D eigenvalue weighted by molar-refractivity contribution is -0.928. The summed E-state index contributed by atoms with van der Waals surface area (Å²) in [6.45, 7) is 5.31. The second-order valence-corrected chi connectivity index (χ2v) is 7.14. The Hall–Kier alpha value is -3.10. The van der Waals surface area contributed by atoms with Crippen molar-refractivity contribution in [3.05, 3.63) is 60.2 Å². The summed E-state index contributed by atoms with van der Waals surface area (Å²) in [6.07, 6.45) is 0. The van der Waals surface area contributed by atoms with E-state index in [0.29, 0.717) is 0 Å². The van der Waals surface area contributed by atoms with Crippen LogP contribution in [-0.4, -0.2) is 52.9 Å². The van der Waals surface area contributed by atoms with E-state index in [4.69, 9.17) is 4.74 Å². The highest BCUT2D eigenvalue weighted by Crippen LogP contribution is 2.12. The van der Waals surface area contributed by atoms with Crippen LogP contribution in [-0.2, 0) is 16.1 Å². The van der Waals surface area contributed by atoms with Crippen LogP contribution in [0.5, 0.6) is 0 Å². The van der Waals surface area contributed by atoms with Crippen LogP contribution in [0.2, 0.25) is 0 Å². The zero-order chi connectivity index (χ0) is 20.1. The monoisotopic (exact) mass is 393 g/mol. The molecule has 2 aromatic carbocycles. The number of fused-ring (bicyclic) bond motifs is 1. The molecule has 0 saturated carbocycles. The molecule has 1 aromatic heterocycles. The Morgan fingerprint density at radius 2 is 1.90 bits per heavy atom. The largest absolute Gasteiger partial charge is 0.370 e. The number of nitrogens with zero attached hydrogens (tertiary/aromatic N) is 4. The molecule has 1 aliphatic rings. The number of hydrogen-bond donors (Lipinski definition) is 2. The summed E-state index contributed by atoms with van der Waals surface area (Å²) in [7, 11) is 0. The number of hydrogen-bond acceptors (Lipinski definition) is 5. The van der Waals surface area contributed by atoms with Gasteiger partial charge in [-0.3, -0.25) is 4.79 Å². The molecule has 1 atom stereocenters. The fourth-order valence-corrected chi connectivity index (χ4v) is 3.76. The second kappa shape index (κ2) is 8.93. The van der Waals surface area contributed by atoms with E-state index in [-0.39, 0.29) is 18.5 Å². The van der Waals surface area contributed by atoms with Crippen molar-refractivity contribution in [2.45, 2.75) is 19.5 Å². The van der Waals surface area contributed by atoms with Gasteiger partial charge in [-0.2, -0.15) is 5.10 Å². The van der Waals surface area contributed by atoms with Gasteiger partial charge in [0.1, 0.15) is 25.2 Å². The number of para-hydroxylation sites is 1. The number of nitrogens with one attached hydrogen (secondary N) is 2. The maximum absolute atomic E-state index is 12.5. The summed E-state index contributed by atoms with van der Waals surface area (Å²) < 4.78 is 7.09. The molecule has 2 N–H and O–H groups in total. The van der Waals surface area contributed by atoms with E-state index in [9.17, 15) is 4.79 Å². The molecular formula is C21H25N6O2+. The molecule has 1 fully saturated rings. The van der Waals surface area contributed by atoms with Gasteiger partial charge >= 0.3 is 0 Å². The Kier molecular flexibility index (Phi) is 5.92. The van der Waals surface area contributed by atoms with Gasteiger partial charge in [-0.05, 0) is 19.1 Å². The fraction of sp³-hybridized carbons (Fsp3) is 0.333. The maximum atomic E-state index is 12.5. The third-order valence-corrected chi connectivity index (χ3v) is 5.16. The first-order valence-electron chi connectivity index (χ1n) is 9.81. The van der Waals surface area contributed by atoms with Crippen molar-refractivity contribution in [3.63, 3.8) is 0 Å². The summed E-state index contributed by atoms with van der Waals surface area (Å²) >= 11 is 0. The third kappa shape index (κ3) is 4.49. The van der Waals surface area contributed by atoms with Crippen molar-refractivity contribution in [1.29, 1.82) is 0 Å². The van der Waals surface area contributed by atoms with Crippen LogP contribution >= 0.6 is 0 Å². The van der Waals surface area contributed by atoms with E-state index >= 15 is 0 Å². The minimum absolute atomic E-state index is 0.0672. The Morgan fingerprint density at radius 1 is 1.17 bits per heavy atom. The van der Waals surface area contributed by atoms with E-state index in [1.165, 1.54) is 10.5 Å². The number of amides is 1. The summed E-state index contributed by atoms with van der Waals surface area (Å²) in [6, 6.07) is 17.9. The van der Waals surface area contributed by atoms with E-state index in [1.54, 1.807) is 4.68 Å². The number of aromatic nitrogens is 3. The van der Waals surface area contributed by atoms with Gasteiger partial charge in [-0.15, -0.1) is 5.10 Å². The van der Waals surface area contributed by atoms with Gasteiger partial charge in [0.15, 0.2) is 6.04 Å². The lowest BCUT2D eigenvalue weighted by Gasteiger charge is -2.31. The zero-order valence-corrected chi connectivity index (χ0v) is 16.4. The number of ether oxygens (including phenoxy) is 1. The molecule has 0 radical (unpaired) electrons. The standard InChI is InChI=1S/C21H24N6O2/c1-16(21(17-7-3-2-4-8-17)26-11-13-29-14-12-26)22-24-20(28)15-27-19-10-6-5-9-18(19)23-25-27/h2-10,21H,11-15H2,1H3,(H,24,28)/p+1/b22-16-/t21-/m0/s1. The van der Waals surface area contributed by atoms with E-state index in [0.717, 1.165) is 43.0 Å². The molecular weight excluding hydrogens is 368 g/mol. The molecule has 1 amide bonds. The summed E-state index contributed by atoms with van der Waals surface area (Å²) in [5.41, 5.74) is 6.33. The first kappa shape index (κ1) is 19.2. The number of carbonyl (C=O) groups excluding carboxylic acids is 1. The minimum Gasteiger partial charge on any atom is -0.370 e. The van der Waals surface area contributed by atoms with Crippen molar-refractivity contribution in [2.75, 3.05) is 26.3 Å². The van der Waals surface area contributed by atoms with Crippen molar-refractivity contribution >= 4 is 22.7 Å². The predicted molar refractivity (Wildman–Crippen MR) is 109 cm³/mol. The van der Waals surface area contributed by atoms with Gasteiger partial charge in [0.05, 0.1) is 24.4 Å². The number of quaternary nitrogens is 1. The summed E-state index contributed by atoms with van der Waals surface area (Å²) in [4.78, 5) is 13.8. The first-order chi connectivity index (χ1) is 14.2. The molecule has 3 aromatic rings. The molecule has 2 heterocycles. The SMILES string of the molecule is C/C(=N/NC(=O)Cn1nnc2ccccc21)[C@@H](c1ccccc1)[NH+]1CCOCC1. The molecule has 29 heavy (non-hydrogen) atoms. The lowest BCUT2D eigenvalue weighted by atomic mass is 10.0. The van der Waals surface area contributed by atoms with Crippen molar-refractivity contribution in [2.24, 2.45) is 5.10 Å². The number of morpholine rings is 1. The number of hydrazone groups is 1. The quantitative estimate of drug-likeness (QED) is 0.474. The molecule has 150 valence electrons. The Morgan fingerprint density at radius 3 is 2.69 bits per heavy atom. The molecule has 1 saturated heterocycles. The molecule has 0 bridgehead atoms. The smallest absolute Gasteiger partial charge is 0.261 e. The normalized spacial score (nSPS) is 16.7. The zero-order valence-electron chi connectivity index (χ0n) is 16.4. The van der Waals surface area contributed by atoms with E-state index in [2.05, 4.69) is 33.0 Å². The van der Waals surface area contributed by atoms with Crippen molar-refractivity contribution in [3.8, 4) is 0 Å². The Bertz CT molecular complexity index is 995. The van der Waals surface area contributed by atoms with Gasteiger partial charge in [0, 0.05) is 5.56 Å². The summed E-state index contributed by atoms with van der Waals surface area (Å²) in [5.74, 6) is -0.233. The van der Waals surface area contributed by atoms with Crippen LogP contribution in [0.25, 0.3) is 11.0 Å². The number of rotatable bonds is 6. The van der Waals surface area contributed by atoms with Gasteiger partial charge in [-0.25, -0.2) is 10.1 Å². The Labute approximate surface area is 169 Å². The van der Waals surface area contributed by atoms with Crippen LogP contribution in [0.1, 0.15) is 18.5 Å². The van der Waals surface area contributed by atoms with Gasteiger partial charge in [0.25, 0.3) is 5.91 Å². The highest BCUT2D eigenvalue weighted by atomic mass is 16.5. The lowest BCUT2D eigenvalue weighted by Crippen LogP contribution is -3.15. The number of benzene rings is 2. The fourth-order valence-electron chi connectivity index (χ4n) is 3.76. The topological polar surface area (TPSA) is 85.8 Å². The first-order valence-corrected chi connectivity index (χ1v) is 9.81. The predicted octanol–water partition coefficient (Wildman–Crippen LogP) is 0.580. The Balaban J connectivity index is 1.48. The van der Waals surface area contributed by atoms with Crippen LogP contribution in [0, 0.1) is 0 Å². The third-order valence-electron chi connectivity index (χ3n) is 5.16. The molecule has 0 aliphatic carbocycles. The van der Waals surface area contributed by atoms with Crippen LogP contribution < -0.4 is 10.3 Å². The van der Waals surface area contributed by atoms with Gasteiger partial charge < -0.3 is 9.64 Å². The van der Waals surface area contributed by atoms with Crippen LogP contribution in [0.15, 0.2) is 59.7 Å². The maximum Gasteiger partial charge on any atom is 0.261 e. The van der Waals surface area contributed by atoms with E-state index in [1.807, 2.05) is 49.4 Å². The molecule has 8 nitrogen and oxygen atoms in total. The molecule has 0 unspecified atom stereocenters.